The van der Waals surface area contributed by atoms with Gasteiger partial charge in [0.05, 0.1) is 11.3 Å². The van der Waals surface area contributed by atoms with Crippen LogP contribution in [0.5, 0.6) is 0 Å². The summed E-state index contributed by atoms with van der Waals surface area (Å²) in [6.07, 6.45) is -9.98. The van der Waals surface area contributed by atoms with Gasteiger partial charge >= 0.3 is 12.4 Å². The fourth-order valence-corrected chi connectivity index (χ4v) is 1.86. The zero-order chi connectivity index (χ0) is 15.7. The lowest BCUT2D eigenvalue weighted by Crippen LogP contribution is -2.25. The number of ketones is 1. The van der Waals surface area contributed by atoms with Crippen LogP contribution in [0.15, 0.2) is 0 Å². The van der Waals surface area contributed by atoms with Gasteiger partial charge in [0.1, 0.15) is 6.54 Å². The van der Waals surface area contributed by atoms with E-state index in [2.05, 4.69) is 5.10 Å². The van der Waals surface area contributed by atoms with Crippen LogP contribution in [0.1, 0.15) is 35.6 Å². The van der Waals surface area contributed by atoms with Gasteiger partial charge in [0.25, 0.3) is 5.78 Å². The van der Waals surface area contributed by atoms with Crippen LogP contribution in [-0.2, 0) is 19.4 Å². The fraction of sp³-hybridized carbons (Fsp3) is 0.636. The first-order valence-electron chi connectivity index (χ1n) is 5.78. The molecular weight excluding hydrogens is 290 g/mol. The summed E-state index contributed by atoms with van der Waals surface area (Å²) < 4.78 is 75.1. The van der Waals surface area contributed by atoms with Crippen molar-refractivity contribution in [2.75, 3.05) is 0 Å². The van der Waals surface area contributed by atoms with Crippen LogP contribution in [-0.4, -0.2) is 27.9 Å². The summed E-state index contributed by atoms with van der Waals surface area (Å²) in [6.45, 7) is 1.28. The smallest absolute Gasteiger partial charge is 0.284 e. The molecule has 114 valence electrons. The Labute approximate surface area is 110 Å². The topological polar surface area (TPSA) is 34.9 Å². The van der Waals surface area contributed by atoms with Crippen molar-refractivity contribution in [3.05, 3.63) is 17.0 Å². The average Bonchev–Trinajstić information content (AvgIpc) is 2.61. The Kier molecular flexibility index (Phi) is 4.50. The minimum Gasteiger partial charge on any atom is -0.284 e. The number of carbonyl (C=O) groups excluding carboxylic acids is 1. The molecule has 1 aromatic heterocycles. The van der Waals surface area contributed by atoms with Gasteiger partial charge in [-0.25, -0.2) is 0 Å². The van der Waals surface area contributed by atoms with E-state index in [0.717, 1.165) is 0 Å². The molecule has 0 spiro atoms. The molecular formula is C11H12F6N2O. The highest BCUT2D eigenvalue weighted by atomic mass is 19.4. The van der Waals surface area contributed by atoms with E-state index in [1.165, 1.54) is 13.8 Å². The first-order valence-corrected chi connectivity index (χ1v) is 5.78. The molecule has 0 amide bonds. The number of aromatic nitrogens is 2. The normalized spacial score (nSPS) is 12.8. The maximum Gasteiger partial charge on any atom is 0.455 e. The van der Waals surface area contributed by atoms with Gasteiger partial charge in [-0.05, 0) is 12.8 Å². The first kappa shape index (κ1) is 16.5. The molecule has 20 heavy (non-hydrogen) atoms. The third-order valence-corrected chi connectivity index (χ3v) is 2.61. The second kappa shape index (κ2) is 5.45. The molecule has 0 saturated carbocycles. The Hall–Kier alpha value is -1.54. The maximum atomic E-state index is 12.5. The number of carbonyl (C=O) groups is 1. The first-order chi connectivity index (χ1) is 9.01. The largest absolute Gasteiger partial charge is 0.455 e. The SMILES string of the molecule is CCc1nn(CC(F)(F)F)c(CC)c1C(=O)C(F)(F)F. The number of rotatable bonds is 4. The predicted octanol–water partition coefficient (Wildman–Crippen LogP) is 3.32. The van der Waals surface area contributed by atoms with E-state index in [-0.39, 0.29) is 24.2 Å². The van der Waals surface area contributed by atoms with Crippen molar-refractivity contribution in [2.45, 2.75) is 45.6 Å². The van der Waals surface area contributed by atoms with Crippen LogP contribution in [0.3, 0.4) is 0 Å². The van der Waals surface area contributed by atoms with Gasteiger partial charge in [0, 0.05) is 5.69 Å². The second-order valence-corrected chi connectivity index (χ2v) is 4.08. The van der Waals surface area contributed by atoms with Gasteiger partial charge in [-0.1, -0.05) is 13.8 Å². The molecule has 3 nitrogen and oxygen atoms in total. The van der Waals surface area contributed by atoms with Crippen molar-refractivity contribution in [3.63, 3.8) is 0 Å². The number of hydrogen-bond acceptors (Lipinski definition) is 2. The average molecular weight is 302 g/mol. The molecule has 0 atom stereocenters. The lowest BCUT2D eigenvalue weighted by molar-refractivity contribution is -0.143. The molecule has 1 aromatic rings. The molecule has 0 aliphatic rings. The maximum absolute atomic E-state index is 12.5. The van der Waals surface area contributed by atoms with Gasteiger partial charge in [-0.2, -0.15) is 31.4 Å². The summed E-state index contributed by atoms with van der Waals surface area (Å²) in [5.41, 5.74) is -1.37. The lowest BCUT2D eigenvalue weighted by atomic mass is 10.0. The summed E-state index contributed by atoms with van der Waals surface area (Å²) in [7, 11) is 0. The summed E-state index contributed by atoms with van der Waals surface area (Å²) in [5.74, 6) is -2.15. The van der Waals surface area contributed by atoms with Crippen LogP contribution >= 0.6 is 0 Å². The molecule has 0 unspecified atom stereocenters. The van der Waals surface area contributed by atoms with Crippen molar-refractivity contribution in [1.82, 2.24) is 9.78 Å². The number of Topliss-reactive ketones (excluding diaryl/α,β-unsaturated/α-hetero) is 1. The van der Waals surface area contributed by atoms with Gasteiger partial charge in [-0.3, -0.25) is 9.48 Å². The quantitative estimate of drug-likeness (QED) is 0.632. The van der Waals surface area contributed by atoms with Crippen molar-refractivity contribution >= 4 is 5.78 Å². The van der Waals surface area contributed by atoms with E-state index in [1.807, 2.05) is 0 Å². The van der Waals surface area contributed by atoms with Gasteiger partial charge in [0.15, 0.2) is 0 Å². The zero-order valence-electron chi connectivity index (χ0n) is 10.7. The van der Waals surface area contributed by atoms with E-state index in [0.29, 0.717) is 4.68 Å². The monoisotopic (exact) mass is 302 g/mol. The van der Waals surface area contributed by atoms with Gasteiger partial charge in [-0.15, -0.1) is 0 Å². The number of nitrogens with zero attached hydrogens (tertiary/aromatic N) is 2. The van der Waals surface area contributed by atoms with E-state index in [1.54, 1.807) is 0 Å². The third-order valence-electron chi connectivity index (χ3n) is 2.61. The van der Waals surface area contributed by atoms with Crippen molar-refractivity contribution in [1.29, 1.82) is 0 Å². The predicted molar refractivity (Wildman–Crippen MR) is 57.4 cm³/mol. The van der Waals surface area contributed by atoms with Gasteiger partial charge < -0.3 is 0 Å². The molecule has 1 heterocycles. The fourth-order valence-electron chi connectivity index (χ4n) is 1.86. The Morgan fingerprint density at radius 3 is 2.00 bits per heavy atom. The van der Waals surface area contributed by atoms with Gasteiger partial charge in [0.2, 0.25) is 0 Å². The van der Waals surface area contributed by atoms with Crippen molar-refractivity contribution < 1.29 is 31.1 Å². The zero-order valence-corrected chi connectivity index (χ0v) is 10.7. The highest BCUT2D eigenvalue weighted by Crippen LogP contribution is 2.28. The summed E-state index contributed by atoms with van der Waals surface area (Å²) >= 11 is 0. The number of halogens is 6. The molecule has 0 saturated heterocycles. The number of alkyl halides is 6. The van der Waals surface area contributed by atoms with E-state index >= 15 is 0 Å². The minimum absolute atomic E-state index is 0.0605. The highest BCUT2D eigenvalue weighted by molar-refractivity contribution is 6.02. The summed E-state index contributed by atoms with van der Waals surface area (Å²) in [4.78, 5) is 11.3. The molecule has 0 fully saturated rings. The Bertz CT molecular complexity index is 500. The molecule has 0 aliphatic carbocycles. The summed E-state index contributed by atoms with van der Waals surface area (Å²) in [6, 6.07) is 0. The van der Waals surface area contributed by atoms with Crippen LogP contribution in [0, 0.1) is 0 Å². The van der Waals surface area contributed by atoms with Crippen molar-refractivity contribution in [2.24, 2.45) is 0 Å². The lowest BCUT2D eigenvalue weighted by Gasteiger charge is -2.10. The molecule has 0 bridgehead atoms. The Morgan fingerprint density at radius 1 is 1.10 bits per heavy atom. The van der Waals surface area contributed by atoms with Crippen LogP contribution in [0.25, 0.3) is 0 Å². The minimum atomic E-state index is -5.14. The van der Waals surface area contributed by atoms with Crippen molar-refractivity contribution in [3.8, 4) is 0 Å². The second-order valence-electron chi connectivity index (χ2n) is 4.08. The Morgan fingerprint density at radius 2 is 1.65 bits per heavy atom. The molecule has 0 N–H and O–H groups in total. The molecule has 1 rings (SSSR count). The van der Waals surface area contributed by atoms with E-state index in [9.17, 15) is 31.1 Å². The standard InChI is InChI=1S/C11H12F6N2O/c1-3-6-8(9(20)11(15,16)17)7(4-2)19(18-6)5-10(12,13)14/h3-5H2,1-2H3. The summed E-state index contributed by atoms with van der Waals surface area (Å²) in [5, 5.41) is 3.50. The molecule has 0 radical (unpaired) electrons. The Balaban J connectivity index is 3.40. The molecule has 0 aromatic carbocycles. The number of aryl methyl sites for hydroxylation is 1. The van der Waals surface area contributed by atoms with E-state index < -0.39 is 30.2 Å². The van der Waals surface area contributed by atoms with Crippen LogP contribution < -0.4 is 0 Å². The van der Waals surface area contributed by atoms with Crippen LogP contribution in [0.2, 0.25) is 0 Å². The molecule has 0 aliphatic heterocycles. The van der Waals surface area contributed by atoms with Crippen LogP contribution in [0.4, 0.5) is 26.3 Å². The highest BCUT2D eigenvalue weighted by Gasteiger charge is 2.43. The molecule has 9 heteroatoms. The number of hydrogen-bond donors (Lipinski definition) is 0. The third kappa shape index (κ3) is 3.51. The van der Waals surface area contributed by atoms with E-state index in [4.69, 9.17) is 0 Å².